The quantitative estimate of drug-likeness (QED) is 0.559. The monoisotopic (exact) mass is 202 g/mol. The molecule has 15 heavy (non-hydrogen) atoms. The number of hydrogen-bond donors (Lipinski definition) is 1. The first-order chi connectivity index (χ1) is 7.27. The highest BCUT2D eigenvalue weighted by Gasteiger charge is 2.14. The number of nitrogens with two attached hydrogens (primary N) is 1. The van der Waals surface area contributed by atoms with Gasteiger partial charge in [-0.2, -0.15) is 0 Å². The molecule has 5 heteroatoms. The van der Waals surface area contributed by atoms with Crippen molar-refractivity contribution in [2.75, 3.05) is 5.73 Å². The van der Waals surface area contributed by atoms with Crippen molar-refractivity contribution >= 4 is 27.8 Å². The maximum Gasteiger partial charge on any atom is 0.351 e. The SMILES string of the molecule is Nc1noc2c1c(=O)oc1ccccc12. The van der Waals surface area contributed by atoms with E-state index in [9.17, 15) is 4.79 Å². The molecule has 3 aromatic rings. The first-order valence-electron chi connectivity index (χ1n) is 4.34. The normalized spacial score (nSPS) is 11.2. The minimum absolute atomic E-state index is 0.0597. The Morgan fingerprint density at radius 2 is 2.07 bits per heavy atom. The van der Waals surface area contributed by atoms with Gasteiger partial charge in [-0.05, 0) is 12.1 Å². The van der Waals surface area contributed by atoms with E-state index in [0.29, 0.717) is 16.6 Å². The Bertz CT molecular complexity index is 711. The molecule has 0 radical (unpaired) electrons. The van der Waals surface area contributed by atoms with Crippen LogP contribution in [-0.4, -0.2) is 5.16 Å². The average Bonchev–Trinajstić information content (AvgIpc) is 2.62. The molecule has 3 rings (SSSR count). The third kappa shape index (κ3) is 0.969. The van der Waals surface area contributed by atoms with Crippen LogP contribution in [0.3, 0.4) is 0 Å². The Morgan fingerprint density at radius 3 is 2.93 bits per heavy atom. The van der Waals surface area contributed by atoms with Crippen LogP contribution in [-0.2, 0) is 0 Å². The van der Waals surface area contributed by atoms with E-state index in [1.54, 1.807) is 18.2 Å². The number of rotatable bonds is 0. The van der Waals surface area contributed by atoms with Crippen molar-refractivity contribution in [2.24, 2.45) is 0 Å². The Labute approximate surface area is 83.1 Å². The lowest BCUT2D eigenvalue weighted by Crippen LogP contribution is -2.00. The summed E-state index contributed by atoms with van der Waals surface area (Å²) in [5, 5.41) is 4.44. The number of anilines is 1. The maximum absolute atomic E-state index is 11.5. The van der Waals surface area contributed by atoms with E-state index < -0.39 is 5.63 Å². The lowest BCUT2D eigenvalue weighted by molar-refractivity contribution is 0.461. The zero-order valence-corrected chi connectivity index (χ0v) is 7.56. The molecule has 0 atom stereocenters. The largest absolute Gasteiger partial charge is 0.422 e. The lowest BCUT2D eigenvalue weighted by atomic mass is 10.2. The highest BCUT2D eigenvalue weighted by Crippen LogP contribution is 2.25. The molecule has 1 aromatic carbocycles. The second-order valence-corrected chi connectivity index (χ2v) is 3.16. The van der Waals surface area contributed by atoms with Gasteiger partial charge in [0.2, 0.25) is 0 Å². The molecule has 0 fully saturated rings. The van der Waals surface area contributed by atoms with Crippen molar-refractivity contribution in [1.82, 2.24) is 5.16 Å². The van der Waals surface area contributed by atoms with Crippen molar-refractivity contribution in [2.45, 2.75) is 0 Å². The Morgan fingerprint density at radius 1 is 1.27 bits per heavy atom. The molecule has 0 saturated carbocycles. The van der Waals surface area contributed by atoms with E-state index in [0.717, 1.165) is 0 Å². The van der Waals surface area contributed by atoms with Crippen molar-refractivity contribution in [1.29, 1.82) is 0 Å². The maximum atomic E-state index is 11.5. The van der Waals surface area contributed by atoms with Crippen LogP contribution in [0.4, 0.5) is 5.82 Å². The topological polar surface area (TPSA) is 82.3 Å². The van der Waals surface area contributed by atoms with Gasteiger partial charge in [-0.1, -0.05) is 17.3 Å². The smallest absolute Gasteiger partial charge is 0.351 e. The van der Waals surface area contributed by atoms with E-state index in [2.05, 4.69) is 5.16 Å². The molecule has 0 saturated heterocycles. The van der Waals surface area contributed by atoms with Crippen LogP contribution < -0.4 is 11.4 Å². The van der Waals surface area contributed by atoms with Crippen molar-refractivity contribution < 1.29 is 8.94 Å². The number of nitrogen functional groups attached to an aromatic ring is 1. The van der Waals surface area contributed by atoms with Crippen LogP contribution in [0.2, 0.25) is 0 Å². The molecule has 0 aliphatic rings. The highest BCUT2D eigenvalue weighted by atomic mass is 16.5. The fourth-order valence-corrected chi connectivity index (χ4v) is 1.58. The summed E-state index contributed by atoms with van der Waals surface area (Å²) in [6.45, 7) is 0. The average molecular weight is 202 g/mol. The summed E-state index contributed by atoms with van der Waals surface area (Å²) in [4.78, 5) is 11.5. The molecular formula is C10H6N2O3. The van der Waals surface area contributed by atoms with Crippen LogP contribution in [0, 0.1) is 0 Å². The molecule has 0 aliphatic carbocycles. The Balaban J connectivity index is 2.71. The van der Waals surface area contributed by atoms with E-state index in [1.807, 2.05) is 6.07 Å². The summed E-state index contributed by atoms with van der Waals surface area (Å²) in [6.07, 6.45) is 0. The lowest BCUT2D eigenvalue weighted by Gasteiger charge is -1.94. The summed E-state index contributed by atoms with van der Waals surface area (Å²) in [6, 6.07) is 7.07. The fraction of sp³-hybridized carbons (Fsp3) is 0. The predicted octanol–water partition coefficient (Wildman–Crippen LogP) is 1.52. The molecule has 74 valence electrons. The van der Waals surface area contributed by atoms with Crippen LogP contribution in [0.15, 0.2) is 38.0 Å². The van der Waals surface area contributed by atoms with Gasteiger partial charge in [-0.25, -0.2) is 4.79 Å². The number of benzene rings is 1. The molecular weight excluding hydrogens is 196 g/mol. The third-order valence-electron chi connectivity index (χ3n) is 2.26. The molecule has 2 N–H and O–H groups in total. The van der Waals surface area contributed by atoms with Gasteiger partial charge in [0, 0.05) is 0 Å². The van der Waals surface area contributed by atoms with Gasteiger partial charge in [0.05, 0.1) is 5.39 Å². The van der Waals surface area contributed by atoms with Crippen molar-refractivity contribution in [3.63, 3.8) is 0 Å². The summed E-state index contributed by atoms with van der Waals surface area (Å²) in [5.74, 6) is 0.0597. The Hall–Kier alpha value is -2.30. The predicted molar refractivity (Wildman–Crippen MR) is 54.5 cm³/mol. The van der Waals surface area contributed by atoms with Crippen LogP contribution in [0.5, 0.6) is 0 Å². The van der Waals surface area contributed by atoms with Gasteiger partial charge in [-0.3, -0.25) is 0 Å². The van der Waals surface area contributed by atoms with Gasteiger partial charge in [-0.15, -0.1) is 0 Å². The van der Waals surface area contributed by atoms with Crippen molar-refractivity contribution in [3.05, 3.63) is 34.7 Å². The second kappa shape index (κ2) is 2.60. The summed E-state index contributed by atoms with van der Waals surface area (Å²) >= 11 is 0. The Kier molecular flexibility index (Phi) is 1.39. The molecule has 2 heterocycles. The minimum atomic E-state index is -0.526. The number of hydrogen-bond acceptors (Lipinski definition) is 5. The van der Waals surface area contributed by atoms with E-state index in [-0.39, 0.29) is 11.2 Å². The number of aromatic nitrogens is 1. The van der Waals surface area contributed by atoms with Crippen molar-refractivity contribution in [3.8, 4) is 0 Å². The van der Waals surface area contributed by atoms with Crippen LogP contribution in [0.25, 0.3) is 21.9 Å². The van der Waals surface area contributed by atoms with Gasteiger partial charge >= 0.3 is 5.63 Å². The molecule has 0 amide bonds. The molecule has 0 aliphatic heterocycles. The minimum Gasteiger partial charge on any atom is -0.422 e. The fourth-order valence-electron chi connectivity index (χ4n) is 1.58. The third-order valence-corrected chi connectivity index (χ3v) is 2.26. The standard InChI is InChI=1S/C10H6N2O3/c11-9-7-8(15-12-9)5-3-1-2-4-6(5)14-10(7)13/h1-4H,(H2,11,12). The molecule has 2 aromatic heterocycles. The summed E-state index contributed by atoms with van der Waals surface area (Å²) in [7, 11) is 0. The zero-order chi connectivity index (χ0) is 10.4. The highest BCUT2D eigenvalue weighted by molar-refractivity contribution is 6.03. The van der Waals surface area contributed by atoms with Gasteiger partial charge in [0.1, 0.15) is 5.58 Å². The molecule has 0 unspecified atom stereocenters. The number of fused-ring (bicyclic) bond motifs is 3. The van der Waals surface area contributed by atoms with E-state index >= 15 is 0 Å². The number of nitrogens with zero attached hydrogens (tertiary/aromatic N) is 1. The summed E-state index contributed by atoms with van der Waals surface area (Å²) < 4.78 is 10.1. The first kappa shape index (κ1) is 8.05. The van der Waals surface area contributed by atoms with Gasteiger partial charge in [0.25, 0.3) is 0 Å². The van der Waals surface area contributed by atoms with Crippen LogP contribution in [0.1, 0.15) is 0 Å². The van der Waals surface area contributed by atoms with E-state index in [4.69, 9.17) is 14.7 Å². The molecule has 0 spiro atoms. The van der Waals surface area contributed by atoms with Crippen LogP contribution >= 0.6 is 0 Å². The molecule has 5 nitrogen and oxygen atoms in total. The first-order valence-corrected chi connectivity index (χ1v) is 4.34. The number of para-hydroxylation sites is 1. The van der Waals surface area contributed by atoms with E-state index in [1.165, 1.54) is 0 Å². The zero-order valence-electron chi connectivity index (χ0n) is 7.56. The van der Waals surface area contributed by atoms with Gasteiger partial charge in [0.15, 0.2) is 16.8 Å². The van der Waals surface area contributed by atoms with Gasteiger partial charge < -0.3 is 14.7 Å². The molecule has 0 bridgehead atoms. The summed E-state index contributed by atoms with van der Waals surface area (Å²) in [5.41, 5.74) is 5.82. The second-order valence-electron chi connectivity index (χ2n) is 3.16.